The van der Waals surface area contributed by atoms with Crippen molar-refractivity contribution in [1.82, 2.24) is 5.32 Å². The van der Waals surface area contributed by atoms with Gasteiger partial charge in [-0.2, -0.15) is 0 Å². The summed E-state index contributed by atoms with van der Waals surface area (Å²) >= 11 is 0. The lowest BCUT2D eigenvalue weighted by Gasteiger charge is -2.06. The maximum Gasteiger partial charge on any atom is 0.310 e. The highest BCUT2D eigenvalue weighted by atomic mass is 16.6. The first-order chi connectivity index (χ1) is 9.41. The zero-order valence-corrected chi connectivity index (χ0v) is 11.1. The molecule has 0 aliphatic carbocycles. The number of nitrogens with one attached hydrogen (secondary N) is 1. The maximum atomic E-state index is 11.7. The number of phenolic OH excluding ortho intramolecular Hbond substituents is 1. The Balaban J connectivity index is 2.50. The molecule has 0 aliphatic rings. The van der Waals surface area contributed by atoms with Crippen LogP contribution in [-0.4, -0.2) is 35.7 Å². The van der Waals surface area contributed by atoms with E-state index in [-0.39, 0.29) is 5.56 Å². The predicted molar refractivity (Wildman–Crippen MR) is 72.7 cm³/mol. The van der Waals surface area contributed by atoms with Crippen molar-refractivity contribution in [2.75, 3.05) is 19.8 Å². The second kappa shape index (κ2) is 7.25. The molecule has 0 aliphatic heterocycles. The zero-order chi connectivity index (χ0) is 15.1. The quantitative estimate of drug-likeness (QED) is 0.342. The third-order valence-corrected chi connectivity index (χ3v) is 2.31. The number of aromatic hydroxyl groups is 1. The minimum Gasteiger partial charge on any atom is -0.502 e. The number of phenols is 1. The first kappa shape index (κ1) is 15.6. The van der Waals surface area contributed by atoms with Gasteiger partial charge in [0.25, 0.3) is 5.91 Å². The van der Waals surface area contributed by atoms with Crippen molar-refractivity contribution < 1.29 is 19.6 Å². The van der Waals surface area contributed by atoms with Crippen LogP contribution >= 0.6 is 0 Å². The molecule has 0 saturated heterocycles. The van der Waals surface area contributed by atoms with E-state index in [0.717, 1.165) is 17.7 Å². The fraction of sp³-hybridized carbons (Fsp3) is 0.308. The van der Waals surface area contributed by atoms with Crippen molar-refractivity contribution in [2.45, 2.75) is 6.92 Å². The van der Waals surface area contributed by atoms with Crippen molar-refractivity contribution in [1.29, 1.82) is 0 Å². The van der Waals surface area contributed by atoms with Crippen molar-refractivity contribution in [3.8, 4) is 5.75 Å². The Morgan fingerprint density at radius 3 is 2.80 bits per heavy atom. The minimum absolute atomic E-state index is 0.146. The van der Waals surface area contributed by atoms with E-state index in [4.69, 9.17) is 4.74 Å². The van der Waals surface area contributed by atoms with Gasteiger partial charge in [0, 0.05) is 18.2 Å². The second-order valence-electron chi connectivity index (χ2n) is 4.23. The molecule has 7 nitrogen and oxygen atoms in total. The largest absolute Gasteiger partial charge is 0.502 e. The van der Waals surface area contributed by atoms with Gasteiger partial charge in [0.1, 0.15) is 0 Å². The van der Waals surface area contributed by atoms with Gasteiger partial charge in [-0.05, 0) is 19.1 Å². The molecule has 0 aromatic heterocycles. The Bertz CT molecular complexity index is 527. The van der Waals surface area contributed by atoms with E-state index in [2.05, 4.69) is 11.9 Å². The number of benzene rings is 1. The van der Waals surface area contributed by atoms with E-state index in [1.807, 2.05) is 6.92 Å². The van der Waals surface area contributed by atoms with Crippen LogP contribution in [0.1, 0.15) is 17.3 Å². The number of hydrogen-bond donors (Lipinski definition) is 2. The Morgan fingerprint density at radius 1 is 1.55 bits per heavy atom. The van der Waals surface area contributed by atoms with E-state index in [1.165, 1.54) is 6.07 Å². The molecule has 7 heteroatoms. The molecule has 1 rings (SSSR count). The van der Waals surface area contributed by atoms with Gasteiger partial charge in [0.05, 0.1) is 18.1 Å². The van der Waals surface area contributed by atoms with Crippen LogP contribution in [0.5, 0.6) is 5.75 Å². The van der Waals surface area contributed by atoms with Crippen LogP contribution in [0.15, 0.2) is 30.4 Å². The van der Waals surface area contributed by atoms with Gasteiger partial charge in [0.2, 0.25) is 0 Å². The molecule has 0 radical (unpaired) electrons. The summed E-state index contributed by atoms with van der Waals surface area (Å²) in [5.74, 6) is -0.977. The summed E-state index contributed by atoms with van der Waals surface area (Å²) < 4.78 is 5.20. The van der Waals surface area contributed by atoms with Crippen LogP contribution in [0.2, 0.25) is 0 Å². The number of nitro groups is 1. The van der Waals surface area contributed by atoms with E-state index >= 15 is 0 Å². The highest BCUT2D eigenvalue weighted by Crippen LogP contribution is 2.25. The smallest absolute Gasteiger partial charge is 0.310 e. The van der Waals surface area contributed by atoms with Crippen molar-refractivity contribution in [3.05, 3.63) is 46.0 Å². The summed E-state index contributed by atoms with van der Waals surface area (Å²) in [7, 11) is 0. The van der Waals surface area contributed by atoms with E-state index in [0.29, 0.717) is 19.8 Å². The van der Waals surface area contributed by atoms with Gasteiger partial charge in [0.15, 0.2) is 5.75 Å². The van der Waals surface area contributed by atoms with Crippen LogP contribution < -0.4 is 5.32 Å². The number of amides is 1. The van der Waals surface area contributed by atoms with Crippen LogP contribution in [0.4, 0.5) is 5.69 Å². The summed E-state index contributed by atoms with van der Waals surface area (Å²) in [5, 5.41) is 22.5. The third-order valence-electron chi connectivity index (χ3n) is 2.31. The molecule has 0 bridgehead atoms. The SMILES string of the molecule is C=C(C)COCCNC(=O)c1ccc([N+](=O)[O-])c(O)c1. The van der Waals surface area contributed by atoms with Gasteiger partial charge in [-0.3, -0.25) is 14.9 Å². The van der Waals surface area contributed by atoms with Crippen LogP contribution in [0, 0.1) is 10.1 Å². The molecule has 0 heterocycles. The molecule has 0 atom stereocenters. The molecular weight excluding hydrogens is 264 g/mol. The molecule has 1 aromatic rings. The topological polar surface area (TPSA) is 102 Å². The predicted octanol–water partition coefficient (Wildman–Crippen LogP) is 1.62. The Morgan fingerprint density at radius 2 is 2.25 bits per heavy atom. The number of hydrogen-bond acceptors (Lipinski definition) is 5. The second-order valence-corrected chi connectivity index (χ2v) is 4.23. The summed E-state index contributed by atoms with van der Waals surface area (Å²) in [6, 6.07) is 3.42. The fourth-order valence-corrected chi connectivity index (χ4v) is 1.40. The van der Waals surface area contributed by atoms with Gasteiger partial charge in [-0.1, -0.05) is 12.2 Å². The number of ether oxygens (including phenoxy) is 1. The van der Waals surface area contributed by atoms with Crippen LogP contribution in [0.25, 0.3) is 0 Å². The molecule has 0 saturated carbocycles. The number of carbonyl (C=O) groups is 1. The summed E-state index contributed by atoms with van der Waals surface area (Å²) in [5.41, 5.74) is 0.593. The molecule has 1 aromatic carbocycles. The molecular formula is C13H16N2O5. The molecule has 2 N–H and O–H groups in total. The summed E-state index contributed by atoms with van der Waals surface area (Å²) in [6.07, 6.45) is 0. The van der Waals surface area contributed by atoms with E-state index in [1.54, 1.807) is 0 Å². The molecule has 108 valence electrons. The first-order valence-electron chi connectivity index (χ1n) is 5.89. The highest BCUT2D eigenvalue weighted by Gasteiger charge is 2.15. The van der Waals surface area contributed by atoms with Crippen LogP contribution in [-0.2, 0) is 4.74 Å². The van der Waals surface area contributed by atoms with Crippen molar-refractivity contribution in [2.24, 2.45) is 0 Å². The number of nitro benzene ring substituents is 1. The average Bonchev–Trinajstić information content (AvgIpc) is 2.37. The lowest BCUT2D eigenvalue weighted by Crippen LogP contribution is -2.27. The van der Waals surface area contributed by atoms with Crippen LogP contribution in [0.3, 0.4) is 0 Å². The molecule has 20 heavy (non-hydrogen) atoms. The monoisotopic (exact) mass is 280 g/mol. The Kier molecular flexibility index (Phi) is 5.67. The fourth-order valence-electron chi connectivity index (χ4n) is 1.40. The number of nitrogens with zero attached hydrogens (tertiary/aromatic N) is 1. The van der Waals surface area contributed by atoms with E-state index in [9.17, 15) is 20.0 Å². The van der Waals surface area contributed by atoms with Crippen molar-refractivity contribution in [3.63, 3.8) is 0 Å². The Labute approximate surface area is 116 Å². The lowest BCUT2D eigenvalue weighted by atomic mass is 10.2. The van der Waals surface area contributed by atoms with Gasteiger partial charge in [-0.25, -0.2) is 0 Å². The van der Waals surface area contributed by atoms with Gasteiger partial charge >= 0.3 is 5.69 Å². The normalized spacial score (nSPS) is 10.1. The lowest BCUT2D eigenvalue weighted by molar-refractivity contribution is -0.385. The maximum absolute atomic E-state index is 11.7. The Hall–Kier alpha value is -2.41. The number of carbonyl (C=O) groups excluding carboxylic acids is 1. The van der Waals surface area contributed by atoms with Gasteiger partial charge in [-0.15, -0.1) is 0 Å². The highest BCUT2D eigenvalue weighted by molar-refractivity contribution is 5.95. The van der Waals surface area contributed by atoms with Crippen molar-refractivity contribution >= 4 is 11.6 Å². The average molecular weight is 280 g/mol. The molecule has 0 fully saturated rings. The van der Waals surface area contributed by atoms with Gasteiger partial charge < -0.3 is 15.2 Å². The molecule has 1 amide bonds. The standard InChI is InChI=1S/C13H16N2O5/c1-9(2)8-20-6-5-14-13(17)10-3-4-11(15(18)19)12(16)7-10/h3-4,7,16H,1,5-6,8H2,2H3,(H,14,17). The molecule has 0 spiro atoms. The zero-order valence-electron chi connectivity index (χ0n) is 11.1. The van der Waals surface area contributed by atoms with E-state index < -0.39 is 22.3 Å². The minimum atomic E-state index is -0.720. The molecule has 0 unspecified atom stereocenters. The first-order valence-corrected chi connectivity index (χ1v) is 5.89. The third kappa shape index (κ3) is 4.69. The summed E-state index contributed by atoms with van der Waals surface area (Å²) in [4.78, 5) is 21.5. The number of rotatable bonds is 7. The summed E-state index contributed by atoms with van der Waals surface area (Å²) in [6.45, 7) is 6.56.